The summed E-state index contributed by atoms with van der Waals surface area (Å²) in [5, 5.41) is 5.30. The SMILES string of the molecule is CC(C)[C@H](N)C(=O)NCC(=O)Nc1cccc(-c2nccn2C)c1. The second kappa shape index (κ2) is 7.74. The van der Waals surface area contributed by atoms with Crippen LogP contribution in [0.5, 0.6) is 0 Å². The molecule has 0 fully saturated rings. The number of carbonyl (C=O) groups is 2. The van der Waals surface area contributed by atoms with E-state index >= 15 is 0 Å². The number of imidazole rings is 1. The number of aromatic nitrogens is 2. The molecular weight excluding hydrogens is 306 g/mol. The first-order chi connectivity index (χ1) is 11.4. The lowest BCUT2D eigenvalue weighted by atomic mass is 10.1. The van der Waals surface area contributed by atoms with E-state index in [0.29, 0.717) is 5.69 Å². The second-order valence-corrected chi connectivity index (χ2v) is 5.98. The highest BCUT2D eigenvalue weighted by molar-refractivity contribution is 5.95. The van der Waals surface area contributed by atoms with E-state index in [1.165, 1.54) is 0 Å². The monoisotopic (exact) mass is 329 g/mol. The lowest BCUT2D eigenvalue weighted by molar-refractivity contribution is -0.125. The average Bonchev–Trinajstić information content (AvgIpc) is 2.98. The first-order valence-electron chi connectivity index (χ1n) is 7.79. The summed E-state index contributed by atoms with van der Waals surface area (Å²) in [5.74, 6) is 0.183. The van der Waals surface area contributed by atoms with Crippen LogP contribution in [-0.2, 0) is 16.6 Å². The minimum Gasteiger partial charge on any atom is -0.346 e. The first-order valence-corrected chi connectivity index (χ1v) is 7.79. The Hall–Kier alpha value is -2.67. The van der Waals surface area contributed by atoms with E-state index in [2.05, 4.69) is 15.6 Å². The van der Waals surface area contributed by atoms with Crippen molar-refractivity contribution in [3.8, 4) is 11.4 Å². The summed E-state index contributed by atoms with van der Waals surface area (Å²) in [7, 11) is 1.90. The van der Waals surface area contributed by atoms with Crippen LogP contribution < -0.4 is 16.4 Å². The Bertz CT molecular complexity index is 723. The average molecular weight is 329 g/mol. The predicted octanol–water partition coefficient (Wildman–Crippen LogP) is 1.13. The molecule has 2 aromatic rings. The molecule has 2 amide bonds. The van der Waals surface area contributed by atoms with Gasteiger partial charge in [0.1, 0.15) is 5.82 Å². The molecule has 7 heteroatoms. The second-order valence-electron chi connectivity index (χ2n) is 5.98. The molecule has 0 saturated heterocycles. The Morgan fingerprint density at radius 1 is 1.33 bits per heavy atom. The highest BCUT2D eigenvalue weighted by atomic mass is 16.2. The normalized spacial score (nSPS) is 12.0. The van der Waals surface area contributed by atoms with E-state index in [-0.39, 0.29) is 24.3 Å². The largest absolute Gasteiger partial charge is 0.346 e. The quantitative estimate of drug-likeness (QED) is 0.739. The van der Waals surface area contributed by atoms with Crippen molar-refractivity contribution in [1.29, 1.82) is 0 Å². The van der Waals surface area contributed by atoms with Gasteiger partial charge in [0.2, 0.25) is 11.8 Å². The molecule has 1 aromatic carbocycles. The summed E-state index contributed by atoms with van der Waals surface area (Å²) in [4.78, 5) is 28.0. The van der Waals surface area contributed by atoms with Gasteiger partial charge in [-0.2, -0.15) is 0 Å². The van der Waals surface area contributed by atoms with Crippen LogP contribution >= 0.6 is 0 Å². The highest BCUT2D eigenvalue weighted by Gasteiger charge is 2.17. The van der Waals surface area contributed by atoms with Crippen molar-refractivity contribution in [3.63, 3.8) is 0 Å². The summed E-state index contributed by atoms with van der Waals surface area (Å²) in [6.45, 7) is 3.59. The maximum absolute atomic E-state index is 12.0. The molecule has 128 valence electrons. The Kier molecular flexibility index (Phi) is 5.70. The maximum atomic E-state index is 12.0. The highest BCUT2D eigenvalue weighted by Crippen LogP contribution is 2.20. The zero-order chi connectivity index (χ0) is 17.7. The molecule has 0 spiro atoms. The zero-order valence-electron chi connectivity index (χ0n) is 14.1. The molecule has 0 aliphatic rings. The molecule has 7 nitrogen and oxygen atoms in total. The van der Waals surface area contributed by atoms with Gasteiger partial charge in [0, 0.05) is 30.7 Å². The number of hydrogen-bond acceptors (Lipinski definition) is 4. The van der Waals surface area contributed by atoms with Crippen molar-refractivity contribution in [2.75, 3.05) is 11.9 Å². The number of nitrogens with one attached hydrogen (secondary N) is 2. The molecule has 2 rings (SSSR count). The number of anilines is 1. The van der Waals surface area contributed by atoms with Crippen LogP contribution in [-0.4, -0.2) is 34.0 Å². The molecule has 1 atom stereocenters. The summed E-state index contributed by atoms with van der Waals surface area (Å²) >= 11 is 0. The van der Waals surface area contributed by atoms with Gasteiger partial charge in [-0.3, -0.25) is 9.59 Å². The molecular formula is C17H23N5O2. The van der Waals surface area contributed by atoms with Gasteiger partial charge >= 0.3 is 0 Å². The topological polar surface area (TPSA) is 102 Å². The fraction of sp³-hybridized carbons (Fsp3) is 0.353. The van der Waals surface area contributed by atoms with Crippen LogP contribution in [0.3, 0.4) is 0 Å². The lowest BCUT2D eigenvalue weighted by Crippen LogP contribution is -2.46. The van der Waals surface area contributed by atoms with E-state index < -0.39 is 6.04 Å². The fourth-order valence-electron chi connectivity index (χ4n) is 2.17. The van der Waals surface area contributed by atoms with Crippen LogP contribution in [0.2, 0.25) is 0 Å². The molecule has 0 unspecified atom stereocenters. The van der Waals surface area contributed by atoms with Gasteiger partial charge in [0.15, 0.2) is 0 Å². The maximum Gasteiger partial charge on any atom is 0.243 e. The van der Waals surface area contributed by atoms with Crippen LogP contribution in [0.15, 0.2) is 36.7 Å². The minimum absolute atomic E-state index is 0.0162. The minimum atomic E-state index is -0.621. The van der Waals surface area contributed by atoms with E-state index in [0.717, 1.165) is 11.4 Å². The Labute approximate surface area is 141 Å². The van der Waals surface area contributed by atoms with Crippen molar-refractivity contribution < 1.29 is 9.59 Å². The van der Waals surface area contributed by atoms with E-state index in [1.807, 2.05) is 49.9 Å². The van der Waals surface area contributed by atoms with Gasteiger partial charge in [-0.25, -0.2) is 4.98 Å². The summed E-state index contributed by atoms with van der Waals surface area (Å²) < 4.78 is 1.90. The number of benzene rings is 1. The van der Waals surface area contributed by atoms with Crippen molar-refractivity contribution in [2.45, 2.75) is 19.9 Å². The number of amides is 2. The molecule has 0 saturated carbocycles. The van der Waals surface area contributed by atoms with Crippen LogP contribution in [0.25, 0.3) is 11.4 Å². The summed E-state index contributed by atoms with van der Waals surface area (Å²) in [6, 6.07) is 6.76. The number of aryl methyl sites for hydroxylation is 1. The summed E-state index contributed by atoms with van der Waals surface area (Å²) in [6.07, 6.45) is 3.57. The number of nitrogens with zero attached hydrogens (tertiary/aromatic N) is 2. The van der Waals surface area contributed by atoms with Crippen molar-refractivity contribution in [2.24, 2.45) is 18.7 Å². The molecule has 0 aliphatic carbocycles. The summed E-state index contributed by atoms with van der Waals surface area (Å²) in [5.41, 5.74) is 7.27. The first kappa shape index (κ1) is 17.7. The van der Waals surface area contributed by atoms with Crippen molar-refractivity contribution >= 4 is 17.5 Å². The third-order valence-corrected chi connectivity index (χ3v) is 3.67. The van der Waals surface area contributed by atoms with Crippen LogP contribution in [0.4, 0.5) is 5.69 Å². The molecule has 4 N–H and O–H groups in total. The molecule has 0 bridgehead atoms. The van der Waals surface area contributed by atoms with E-state index in [9.17, 15) is 9.59 Å². The predicted molar refractivity (Wildman–Crippen MR) is 93.1 cm³/mol. The molecule has 1 aromatic heterocycles. The number of carbonyl (C=O) groups excluding carboxylic acids is 2. The van der Waals surface area contributed by atoms with Gasteiger partial charge in [-0.15, -0.1) is 0 Å². The third kappa shape index (κ3) is 4.42. The van der Waals surface area contributed by atoms with Gasteiger partial charge in [-0.05, 0) is 18.1 Å². The smallest absolute Gasteiger partial charge is 0.243 e. The van der Waals surface area contributed by atoms with Crippen LogP contribution in [0.1, 0.15) is 13.8 Å². The third-order valence-electron chi connectivity index (χ3n) is 3.67. The van der Waals surface area contributed by atoms with Gasteiger partial charge in [0.25, 0.3) is 0 Å². The Balaban J connectivity index is 1.95. The van der Waals surface area contributed by atoms with Crippen molar-refractivity contribution in [3.05, 3.63) is 36.7 Å². The van der Waals surface area contributed by atoms with E-state index in [4.69, 9.17) is 5.73 Å². The lowest BCUT2D eigenvalue weighted by Gasteiger charge is -2.15. The van der Waals surface area contributed by atoms with Gasteiger partial charge in [0.05, 0.1) is 12.6 Å². The molecule has 24 heavy (non-hydrogen) atoms. The standard InChI is InChI=1S/C17H23N5O2/c1-11(2)15(18)17(24)20-10-14(23)21-13-6-4-5-12(9-13)16-19-7-8-22(16)3/h4-9,11,15H,10,18H2,1-3H3,(H,20,24)(H,21,23)/t15-/m0/s1. The number of nitrogens with two attached hydrogens (primary N) is 1. The van der Waals surface area contributed by atoms with E-state index in [1.54, 1.807) is 12.3 Å². The van der Waals surface area contributed by atoms with Crippen LogP contribution in [0, 0.1) is 5.92 Å². The molecule has 0 radical (unpaired) electrons. The Morgan fingerprint density at radius 2 is 2.08 bits per heavy atom. The molecule has 0 aliphatic heterocycles. The Morgan fingerprint density at radius 3 is 2.71 bits per heavy atom. The number of rotatable bonds is 6. The zero-order valence-corrected chi connectivity index (χ0v) is 14.1. The van der Waals surface area contributed by atoms with Gasteiger partial charge in [-0.1, -0.05) is 26.0 Å². The number of hydrogen-bond donors (Lipinski definition) is 3. The van der Waals surface area contributed by atoms with Gasteiger partial charge < -0.3 is 20.9 Å². The van der Waals surface area contributed by atoms with Crippen molar-refractivity contribution in [1.82, 2.24) is 14.9 Å². The fourth-order valence-corrected chi connectivity index (χ4v) is 2.17. The molecule has 1 heterocycles.